The van der Waals surface area contributed by atoms with Crippen LogP contribution in [-0.4, -0.2) is 4.98 Å². The maximum absolute atomic E-state index is 5.99. The zero-order valence-electron chi connectivity index (χ0n) is 9.58. The zero-order chi connectivity index (χ0) is 11.0. The first-order valence-corrected chi connectivity index (χ1v) is 6.39. The highest BCUT2D eigenvalue weighted by molar-refractivity contribution is 6.17. The quantitative estimate of drug-likeness (QED) is 0.704. The summed E-state index contributed by atoms with van der Waals surface area (Å²) in [5.41, 5.74) is 3.77. The summed E-state index contributed by atoms with van der Waals surface area (Å²) in [4.78, 5) is 4.73. The Morgan fingerprint density at radius 3 is 2.53 bits per heavy atom. The second-order valence-electron chi connectivity index (χ2n) is 4.37. The average Bonchev–Trinajstić information content (AvgIpc) is 2.38. The second-order valence-corrected chi connectivity index (χ2v) is 4.64. The van der Waals surface area contributed by atoms with Gasteiger partial charge >= 0.3 is 0 Å². The molecule has 0 N–H and O–H groups in total. The van der Waals surface area contributed by atoms with Gasteiger partial charge in [0, 0.05) is 11.1 Å². The van der Waals surface area contributed by atoms with Gasteiger partial charge in [0.2, 0.25) is 0 Å². The molecule has 1 heterocycles. The molecule has 0 radical (unpaired) electrons. The normalized spacial score (nSPS) is 14.2. The summed E-state index contributed by atoms with van der Waals surface area (Å²) in [6, 6.07) is 8.51. The molecule has 3 heteroatoms. The van der Waals surface area contributed by atoms with Crippen molar-refractivity contribution in [2.75, 3.05) is 0 Å². The number of pyridine rings is 1. The van der Waals surface area contributed by atoms with Crippen LogP contribution >= 0.6 is 24.0 Å². The third-order valence-corrected chi connectivity index (χ3v) is 3.65. The lowest BCUT2D eigenvalue weighted by Gasteiger charge is -2.18. The van der Waals surface area contributed by atoms with Gasteiger partial charge in [0.1, 0.15) is 0 Å². The first-order valence-electron chi connectivity index (χ1n) is 5.85. The highest BCUT2D eigenvalue weighted by Gasteiger charge is 2.15. The number of hydrogen-bond donors (Lipinski definition) is 0. The van der Waals surface area contributed by atoms with Gasteiger partial charge in [-0.3, -0.25) is 4.98 Å². The Morgan fingerprint density at radius 2 is 1.76 bits per heavy atom. The summed E-state index contributed by atoms with van der Waals surface area (Å²) in [5, 5.41) is 2.60. The lowest BCUT2D eigenvalue weighted by molar-refractivity contribution is 0.670. The molecule has 1 aliphatic rings. The van der Waals surface area contributed by atoms with Gasteiger partial charge in [-0.15, -0.1) is 24.0 Å². The summed E-state index contributed by atoms with van der Waals surface area (Å²) >= 11 is 5.99. The number of hydrogen-bond acceptors (Lipinski definition) is 1. The molecule has 1 aromatic carbocycles. The number of rotatable bonds is 1. The van der Waals surface area contributed by atoms with Gasteiger partial charge in [-0.25, -0.2) is 0 Å². The molecule has 0 saturated heterocycles. The summed E-state index contributed by atoms with van der Waals surface area (Å²) < 4.78 is 0. The van der Waals surface area contributed by atoms with Crippen molar-refractivity contribution in [2.45, 2.75) is 31.6 Å². The van der Waals surface area contributed by atoms with E-state index in [2.05, 4.69) is 24.3 Å². The molecule has 0 unspecified atom stereocenters. The third kappa shape index (κ3) is 2.14. The van der Waals surface area contributed by atoms with Gasteiger partial charge in [-0.05, 0) is 36.6 Å². The van der Waals surface area contributed by atoms with E-state index in [9.17, 15) is 0 Å². The van der Waals surface area contributed by atoms with Crippen LogP contribution in [0.5, 0.6) is 0 Å². The Hall–Kier alpha value is -0.790. The highest BCUT2D eigenvalue weighted by Crippen LogP contribution is 2.29. The van der Waals surface area contributed by atoms with Crippen molar-refractivity contribution < 1.29 is 0 Å². The number of halogens is 2. The first kappa shape index (κ1) is 12.7. The smallest absolute Gasteiger partial charge is 0.0653 e. The molecule has 1 aliphatic carbocycles. The summed E-state index contributed by atoms with van der Waals surface area (Å²) in [5.74, 6) is 0.508. The van der Waals surface area contributed by atoms with Gasteiger partial charge in [0.15, 0.2) is 0 Å². The molecule has 0 aliphatic heterocycles. The van der Waals surface area contributed by atoms with Crippen LogP contribution in [0.4, 0.5) is 0 Å². The standard InChI is InChI=1S/C14H14ClN.ClH/c15-9-14-12-7-2-1-5-10(12)11-6-3-4-8-13(11)16-14;/h1-2,5,7H,3-4,6,8-9H2;1H. The third-order valence-electron chi connectivity index (χ3n) is 3.40. The van der Waals surface area contributed by atoms with Crippen LogP contribution in [0.2, 0.25) is 0 Å². The average molecular weight is 268 g/mol. The fourth-order valence-corrected chi connectivity index (χ4v) is 2.83. The predicted octanol–water partition coefficient (Wildman–Crippen LogP) is 4.27. The van der Waals surface area contributed by atoms with E-state index in [4.69, 9.17) is 16.6 Å². The molecular weight excluding hydrogens is 253 g/mol. The minimum absolute atomic E-state index is 0. The van der Waals surface area contributed by atoms with Gasteiger partial charge in [0.05, 0.1) is 11.6 Å². The molecule has 0 amide bonds. The fraction of sp³-hybridized carbons (Fsp3) is 0.357. The van der Waals surface area contributed by atoms with Crippen molar-refractivity contribution in [1.29, 1.82) is 0 Å². The molecule has 0 fully saturated rings. The molecule has 0 atom stereocenters. The first-order chi connectivity index (χ1) is 7.90. The Labute approximate surface area is 113 Å². The van der Waals surface area contributed by atoms with E-state index >= 15 is 0 Å². The number of fused-ring (bicyclic) bond motifs is 3. The SMILES string of the molecule is Cl.ClCc1nc2c(c3ccccc13)CCCC2. The van der Waals surface area contributed by atoms with Crippen molar-refractivity contribution >= 4 is 34.8 Å². The summed E-state index contributed by atoms with van der Waals surface area (Å²) in [7, 11) is 0. The molecule has 1 nitrogen and oxygen atoms in total. The second kappa shape index (κ2) is 5.24. The molecule has 0 saturated carbocycles. The Morgan fingerprint density at radius 1 is 1.06 bits per heavy atom. The molecule has 90 valence electrons. The van der Waals surface area contributed by atoms with Crippen LogP contribution in [0.3, 0.4) is 0 Å². The number of benzene rings is 1. The van der Waals surface area contributed by atoms with E-state index in [1.54, 1.807) is 0 Å². The number of aryl methyl sites for hydroxylation is 2. The number of aromatic nitrogens is 1. The molecule has 17 heavy (non-hydrogen) atoms. The van der Waals surface area contributed by atoms with Crippen LogP contribution in [0.1, 0.15) is 29.8 Å². The zero-order valence-corrected chi connectivity index (χ0v) is 11.2. The van der Waals surface area contributed by atoms with Crippen molar-refractivity contribution in [3.63, 3.8) is 0 Å². The van der Waals surface area contributed by atoms with E-state index in [0.29, 0.717) is 5.88 Å². The Balaban J connectivity index is 0.00000108. The van der Waals surface area contributed by atoms with Crippen LogP contribution in [0.25, 0.3) is 10.8 Å². The number of nitrogens with zero attached hydrogens (tertiary/aromatic N) is 1. The van der Waals surface area contributed by atoms with Crippen molar-refractivity contribution in [2.24, 2.45) is 0 Å². The van der Waals surface area contributed by atoms with Gasteiger partial charge in [0.25, 0.3) is 0 Å². The molecular formula is C14H15Cl2N. The highest BCUT2D eigenvalue weighted by atomic mass is 35.5. The van der Waals surface area contributed by atoms with E-state index < -0.39 is 0 Å². The van der Waals surface area contributed by atoms with Crippen molar-refractivity contribution in [1.82, 2.24) is 4.98 Å². The van der Waals surface area contributed by atoms with Crippen LogP contribution < -0.4 is 0 Å². The lowest BCUT2D eigenvalue weighted by Crippen LogP contribution is -2.08. The van der Waals surface area contributed by atoms with Gasteiger partial charge < -0.3 is 0 Å². The minimum atomic E-state index is 0. The maximum atomic E-state index is 5.99. The largest absolute Gasteiger partial charge is 0.256 e. The molecule has 0 bridgehead atoms. The molecule has 1 aromatic heterocycles. The van der Waals surface area contributed by atoms with E-state index in [0.717, 1.165) is 12.1 Å². The van der Waals surface area contributed by atoms with Crippen LogP contribution in [-0.2, 0) is 18.7 Å². The topological polar surface area (TPSA) is 12.9 Å². The Kier molecular flexibility index (Phi) is 3.90. The van der Waals surface area contributed by atoms with Gasteiger partial charge in [-0.1, -0.05) is 24.3 Å². The monoisotopic (exact) mass is 267 g/mol. The van der Waals surface area contributed by atoms with E-state index in [1.807, 2.05) is 0 Å². The van der Waals surface area contributed by atoms with E-state index in [-0.39, 0.29) is 12.4 Å². The summed E-state index contributed by atoms with van der Waals surface area (Å²) in [6.45, 7) is 0. The van der Waals surface area contributed by atoms with Gasteiger partial charge in [-0.2, -0.15) is 0 Å². The molecule has 0 spiro atoms. The van der Waals surface area contributed by atoms with Crippen molar-refractivity contribution in [3.05, 3.63) is 41.2 Å². The molecule has 2 aromatic rings. The van der Waals surface area contributed by atoms with Crippen LogP contribution in [0, 0.1) is 0 Å². The minimum Gasteiger partial charge on any atom is -0.256 e. The van der Waals surface area contributed by atoms with E-state index in [1.165, 1.54) is 41.3 Å². The summed E-state index contributed by atoms with van der Waals surface area (Å²) in [6.07, 6.45) is 4.84. The Bertz CT molecular complexity index is 537. The maximum Gasteiger partial charge on any atom is 0.0653 e. The fourth-order valence-electron chi connectivity index (χ4n) is 2.63. The van der Waals surface area contributed by atoms with Crippen molar-refractivity contribution in [3.8, 4) is 0 Å². The molecule has 3 rings (SSSR count). The van der Waals surface area contributed by atoms with Crippen LogP contribution in [0.15, 0.2) is 24.3 Å². The number of alkyl halides is 1. The lowest BCUT2D eigenvalue weighted by atomic mass is 9.91. The predicted molar refractivity (Wildman–Crippen MR) is 75.2 cm³/mol.